The van der Waals surface area contributed by atoms with E-state index < -0.39 is 0 Å². The monoisotopic (exact) mass is 219 g/mol. The predicted molar refractivity (Wildman–Crippen MR) is 60.8 cm³/mol. The first-order chi connectivity index (χ1) is 6.83. The molecule has 1 aliphatic heterocycles. The van der Waals surface area contributed by atoms with Gasteiger partial charge in [0.25, 0.3) is 0 Å². The first kappa shape index (κ1) is 12.3. The molecule has 0 aromatic rings. The average molecular weight is 219 g/mol. The molecule has 4 heteroatoms. The number of aliphatic hydroxyl groups excluding tert-OH is 1. The minimum absolute atomic E-state index is 0.129. The summed E-state index contributed by atoms with van der Waals surface area (Å²) in [5, 5.41) is 12.8. The van der Waals surface area contributed by atoms with Crippen molar-refractivity contribution in [3.8, 4) is 0 Å². The molecule has 0 aromatic carbocycles. The van der Waals surface area contributed by atoms with Crippen molar-refractivity contribution in [2.24, 2.45) is 0 Å². The summed E-state index contributed by atoms with van der Waals surface area (Å²) in [4.78, 5) is 0. The van der Waals surface area contributed by atoms with Gasteiger partial charge in [-0.1, -0.05) is 6.92 Å². The van der Waals surface area contributed by atoms with E-state index in [9.17, 15) is 0 Å². The van der Waals surface area contributed by atoms with E-state index in [-0.39, 0.29) is 6.61 Å². The van der Waals surface area contributed by atoms with E-state index >= 15 is 0 Å². The molecule has 0 aromatic heterocycles. The normalized spacial score (nSPS) is 27.0. The highest BCUT2D eigenvalue weighted by Gasteiger charge is 2.20. The summed E-state index contributed by atoms with van der Waals surface area (Å²) in [5.74, 6) is 1.25. The molecule has 1 fully saturated rings. The van der Waals surface area contributed by atoms with E-state index in [0.29, 0.717) is 12.6 Å². The van der Waals surface area contributed by atoms with Crippen LogP contribution in [-0.2, 0) is 4.74 Å². The molecule has 1 heterocycles. The molecule has 0 saturated carbocycles. The number of nitrogens with one attached hydrogen (secondary N) is 1. The third-order valence-corrected chi connectivity index (χ3v) is 3.69. The van der Waals surface area contributed by atoms with Crippen LogP contribution >= 0.6 is 11.8 Å². The summed E-state index contributed by atoms with van der Waals surface area (Å²) in [6, 6.07) is 0.702. The Hall–Kier alpha value is 0.230. The zero-order chi connectivity index (χ0) is 10.2. The van der Waals surface area contributed by atoms with Crippen LogP contribution in [0.1, 0.15) is 19.8 Å². The fraction of sp³-hybridized carbons (Fsp3) is 1.00. The van der Waals surface area contributed by atoms with Gasteiger partial charge in [-0.25, -0.2) is 0 Å². The molecule has 84 valence electrons. The van der Waals surface area contributed by atoms with Crippen molar-refractivity contribution in [3.05, 3.63) is 0 Å². The van der Waals surface area contributed by atoms with Gasteiger partial charge < -0.3 is 15.2 Å². The number of aliphatic hydroxyl groups is 1. The van der Waals surface area contributed by atoms with Crippen LogP contribution in [0.2, 0.25) is 0 Å². The largest absolute Gasteiger partial charge is 0.394 e. The van der Waals surface area contributed by atoms with E-state index in [0.717, 1.165) is 24.8 Å². The lowest BCUT2D eigenvalue weighted by atomic mass is 10.2. The highest BCUT2D eigenvalue weighted by Crippen LogP contribution is 2.25. The lowest BCUT2D eigenvalue weighted by molar-refractivity contribution is 0.0904. The quantitative estimate of drug-likeness (QED) is 0.623. The summed E-state index contributed by atoms with van der Waals surface area (Å²) in [6.45, 7) is 4.67. The minimum atomic E-state index is 0.129. The zero-order valence-corrected chi connectivity index (χ0v) is 9.68. The maximum atomic E-state index is 8.48. The van der Waals surface area contributed by atoms with Crippen LogP contribution in [0.3, 0.4) is 0 Å². The molecule has 1 saturated heterocycles. The van der Waals surface area contributed by atoms with Crippen molar-refractivity contribution in [2.45, 2.75) is 31.1 Å². The Bertz CT molecular complexity index is 146. The van der Waals surface area contributed by atoms with Crippen molar-refractivity contribution in [1.82, 2.24) is 5.32 Å². The molecule has 0 amide bonds. The maximum Gasteiger partial charge on any atom is 0.0697 e. The minimum Gasteiger partial charge on any atom is -0.394 e. The number of rotatable bonds is 7. The molecule has 2 unspecified atom stereocenters. The summed E-state index contributed by atoms with van der Waals surface area (Å²) >= 11 is 2.05. The van der Waals surface area contributed by atoms with Gasteiger partial charge in [0.15, 0.2) is 0 Å². The van der Waals surface area contributed by atoms with Gasteiger partial charge in [0, 0.05) is 23.7 Å². The molecular weight excluding hydrogens is 198 g/mol. The molecule has 1 aliphatic rings. The standard InChI is InChI=1S/C10H21NO2S/c1-9-7-10(8-14-9)11-3-2-5-13-6-4-12/h9-12H,2-8H2,1H3. The molecule has 0 spiro atoms. The summed E-state index contributed by atoms with van der Waals surface area (Å²) in [5.41, 5.74) is 0. The van der Waals surface area contributed by atoms with Crippen LogP contribution in [0.4, 0.5) is 0 Å². The first-order valence-electron chi connectivity index (χ1n) is 5.36. The van der Waals surface area contributed by atoms with E-state index in [2.05, 4.69) is 24.0 Å². The van der Waals surface area contributed by atoms with Gasteiger partial charge in [-0.05, 0) is 19.4 Å². The van der Waals surface area contributed by atoms with Crippen LogP contribution in [0.25, 0.3) is 0 Å². The van der Waals surface area contributed by atoms with Crippen molar-refractivity contribution < 1.29 is 9.84 Å². The van der Waals surface area contributed by atoms with Gasteiger partial charge in [-0.15, -0.1) is 0 Å². The molecule has 0 radical (unpaired) electrons. The van der Waals surface area contributed by atoms with Crippen molar-refractivity contribution in [1.29, 1.82) is 0 Å². The van der Waals surface area contributed by atoms with E-state index in [4.69, 9.17) is 9.84 Å². The Morgan fingerprint density at radius 1 is 1.50 bits per heavy atom. The number of thioether (sulfide) groups is 1. The van der Waals surface area contributed by atoms with Gasteiger partial charge in [0.1, 0.15) is 0 Å². The van der Waals surface area contributed by atoms with Crippen LogP contribution in [-0.4, -0.2) is 48.5 Å². The van der Waals surface area contributed by atoms with Crippen LogP contribution < -0.4 is 5.32 Å². The first-order valence-corrected chi connectivity index (χ1v) is 6.41. The smallest absolute Gasteiger partial charge is 0.0697 e. The lowest BCUT2D eigenvalue weighted by Crippen LogP contribution is -2.30. The fourth-order valence-electron chi connectivity index (χ4n) is 1.61. The molecule has 1 rings (SSSR count). The highest BCUT2D eigenvalue weighted by atomic mass is 32.2. The molecule has 2 N–H and O–H groups in total. The Labute approximate surface area is 90.6 Å². The molecule has 0 aliphatic carbocycles. The topological polar surface area (TPSA) is 41.5 Å². The van der Waals surface area contributed by atoms with Gasteiger partial charge >= 0.3 is 0 Å². The van der Waals surface area contributed by atoms with Crippen molar-refractivity contribution in [2.75, 3.05) is 32.1 Å². The average Bonchev–Trinajstić information content (AvgIpc) is 2.58. The van der Waals surface area contributed by atoms with Gasteiger partial charge in [0.05, 0.1) is 13.2 Å². The Morgan fingerprint density at radius 2 is 2.36 bits per heavy atom. The van der Waals surface area contributed by atoms with Gasteiger partial charge in [-0.3, -0.25) is 0 Å². The summed E-state index contributed by atoms with van der Waals surface area (Å²) in [6.07, 6.45) is 2.33. The van der Waals surface area contributed by atoms with E-state index in [1.165, 1.54) is 12.2 Å². The molecule has 0 bridgehead atoms. The Balaban J connectivity index is 1.84. The number of ether oxygens (including phenoxy) is 1. The third-order valence-electron chi connectivity index (χ3n) is 2.33. The van der Waals surface area contributed by atoms with E-state index in [1.54, 1.807) is 0 Å². The molecule has 3 nitrogen and oxygen atoms in total. The highest BCUT2D eigenvalue weighted by molar-refractivity contribution is 8.00. The second kappa shape index (κ2) is 7.51. The predicted octanol–water partition coefficient (Wildman–Crippen LogP) is 0.869. The summed E-state index contributed by atoms with van der Waals surface area (Å²) < 4.78 is 5.17. The molecular formula is C10H21NO2S. The number of hydrogen-bond donors (Lipinski definition) is 2. The van der Waals surface area contributed by atoms with Gasteiger partial charge in [-0.2, -0.15) is 11.8 Å². The molecule has 14 heavy (non-hydrogen) atoms. The maximum absolute atomic E-state index is 8.48. The van der Waals surface area contributed by atoms with Crippen LogP contribution in [0, 0.1) is 0 Å². The Morgan fingerprint density at radius 3 is 3.00 bits per heavy atom. The van der Waals surface area contributed by atoms with Crippen molar-refractivity contribution in [3.63, 3.8) is 0 Å². The zero-order valence-electron chi connectivity index (χ0n) is 8.87. The lowest BCUT2D eigenvalue weighted by Gasteiger charge is -2.11. The molecule has 2 atom stereocenters. The van der Waals surface area contributed by atoms with E-state index in [1.807, 2.05) is 0 Å². The Kier molecular flexibility index (Phi) is 6.60. The summed E-state index contributed by atoms with van der Waals surface area (Å²) in [7, 11) is 0. The second-order valence-electron chi connectivity index (χ2n) is 3.72. The van der Waals surface area contributed by atoms with Crippen molar-refractivity contribution >= 4 is 11.8 Å². The SMILES string of the molecule is CC1CC(NCCCOCCO)CS1. The van der Waals surface area contributed by atoms with Crippen LogP contribution in [0.15, 0.2) is 0 Å². The number of hydrogen-bond acceptors (Lipinski definition) is 4. The van der Waals surface area contributed by atoms with Crippen LogP contribution in [0.5, 0.6) is 0 Å². The second-order valence-corrected chi connectivity index (χ2v) is 5.19. The third kappa shape index (κ3) is 5.20. The fourth-order valence-corrected chi connectivity index (χ4v) is 2.79. The van der Waals surface area contributed by atoms with Gasteiger partial charge in [0.2, 0.25) is 0 Å².